The number of hydrogen-bond acceptors (Lipinski definition) is 4. The summed E-state index contributed by atoms with van der Waals surface area (Å²) in [5.41, 5.74) is 3.45. The molecule has 0 bridgehead atoms. The van der Waals surface area contributed by atoms with Gasteiger partial charge in [-0.15, -0.1) is 0 Å². The van der Waals surface area contributed by atoms with E-state index in [9.17, 15) is 0 Å². The molecule has 21 heavy (non-hydrogen) atoms. The zero-order chi connectivity index (χ0) is 14.7. The van der Waals surface area contributed by atoms with Gasteiger partial charge in [0.05, 0.1) is 18.4 Å². The van der Waals surface area contributed by atoms with Crippen molar-refractivity contribution in [2.45, 2.75) is 32.9 Å². The largest absolute Gasteiger partial charge is 0.493 e. The van der Waals surface area contributed by atoms with Crippen molar-refractivity contribution in [3.63, 3.8) is 0 Å². The molecule has 0 fully saturated rings. The molecule has 110 valence electrons. The van der Waals surface area contributed by atoms with Gasteiger partial charge in [0.2, 0.25) is 5.88 Å². The number of nitrogens with zero attached hydrogens (tertiary/aromatic N) is 1. The predicted molar refractivity (Wildman–Crippen MR) is 83.0 cm³/mol. The molecule has 3 rings (SSSR count). The normalized spacial score (nSPS) is 12.9. The minimum atomic E-state index is 0.109. The van der Waals surface area contributed by atoms with E-state index in [0.717, 1.165) is 31.0 Å². The number of aromatic nitrogens is 1. The third kappa shape index (κ3) is 3.27. The summed E-state index contributed by atoms with van der Waals surface area (Å²) in [6.45, 7) is 5.53. The molecular weight excluding hydrogens is 264 g/mol. The molecule has 1 aliphatic heterocycles. The summed E-state index contributed by atoms with van der Waals surface area (Å²) < 4.78 is 11.2. The van der Waals surface area contributed by atoms with Gasteiger partial charge in [-0.2, -0.15) is 0 Å². The summed E-state index contributed by atoms with van der Waals surface area (Å²) in [5, 5.41) is 3.40. The van der Waals surface area contributed by atoms with Gasteiger partial charge in [0.15, 0.2) is 0 Å². The summed E-state index contributed by atoms with van der Waals surface area (Å²) in [6, 6.07) is 10.2. The van der Waals surface area contributed by atoms with Crippen LogP contribution in [-0.2, 0) is 13.0 Å². The number of anilines is 1. The molecule has 1 aromatic carbocycles. The first-order valence-corrected chi connectivity index (χ1v) is 7.32. The van der Waals surface area contributed by atoms with Crippen molar-refractivity contribution in [1.82, 2.24) is 4.98 Å². The van der Waals surface area contributed by atoms with Gasteiger partial charge in [-0.05, 0) is 43.2 Å². The number of rotatable bonds is 5. The molecule has 4 heteroatoms. The van der Waals surface area contributed by atoms with E-state index in [1.807, 2.05) is 32.0 Å². The summed E-state index contributed by atoms with van der Waals surface area (Å²) in [4.78, 5) is 4.28. The first-order valence-electron chi connectivity index (χ1n) is 7.32. The van der Waals surface area contributed by atoms with E-state index in [-0.39, 0.29) is 6.10 Å². The molecule has 2 aromatic rings. The van der Waals surface area contributed by atoms with Crippen LogP contribution in [0.4, 0.5) is 5.69 Å². The monoisotopic (exact) mass is 284 g/mol. The molecule has 0 amide bonds. The van der Waals surface area contributed by atoms with Crippen molar-refractivity contribution in [3.05, 3.63) is 47.7 Å². The van der Waals surface area contributed by atoms with Gasteiger partial charge < -0.3 is 14.8 Å². The maximum absolute atomic E-state index is 5.71. The second kappa shape index (κ2) is 6.04. The van der Waals surface area contributed by atoms with E-state index in [0.29, 0.717) is 5.88 Å². The van der Waals surface area contributed by atoms with Gasteiger partial charge in [0.1, 0.15) is 5.75 Å². The van der Waals surface area contributed by atoms with Crippen molar-refractivity contribution in [1.29, 1.82) is 0 Å². The van der Waals surface area contributed by atoms with Gasteiger partial charge in [-0.3, -0.25) is 0 Å². The van der Waals surface area contributed by atoms with E-state index in [2.05, 4.69) is 22.4 Å². The molecule has 4 nitrogen and oxygen atoms in total. The van der Waals surface area contributed by atoms with Crippen molar-refractivity contribution in [3.8, 4) is 11.6 Å². The van der Waals surface area contributed by atoms with E-state index in [1.165, 1.54) is 11.1 Å². The lowest BCUT2D eigenvalue weighted by Gasteiger charge is -2.14. The van der Waals surface area contributed by atoms with Crippen molar-refractivity contribution in [2.75, 3.05) is 11.9 Å². The molecule has 0 spiro atoms. The highest BCUT2D eigenvalue weighted by atomic mass is 16.5. The topological polar surface area (TPSA) is 43.4 Å². The first-order chi connectivity index (χ1) is 10.2. The fourth-order valence-corrected chi connectivity index (χ4v) is 2.39. The average molecular weight is 284 g/mol. The maximum Gasteiger partial charge on any atom is 0.237 e. The molecule has 0 aliphatic carbocycles. The van der Waals surface area contributed by atoms with Crippen molar-refractivity contribution < 1.29 is 9.47 Å². The van der Waals surface area contributed by atoms with E-state index < -0.39 is 0 Å². The Hall–Kier alpha value is -2.23. The fourth-order valence-electron chi connectivity index (χ4n) is 2.39. The molecule has 0 unspecified atom stereocenters. The highest BCUT2D eigenvalue weighted by Gasteiger charge is 2.12. The first kappa shape index (κ1) is 13.7. The van der Waals surface area contributed by atoms with Gasteiger partial charge in [-0.25, -0.2) is 4.98 Å². The molecule has 2 heterocycles. The Kier molecular flexibility index (Phi) is 3.95. The van der Waals surface area contributed by atoms with Crippen LogP contribution in [-0.4, -0.2) is 17.7 Å². The van der Waals surface area contributed by atoms with Crippen LogP contribution in [0.5, 0.6) is 11.6 Å². The summed E-state index contributed by atoms with van der Waals surface area (Å²) in [6.07, 6.45) is 2.85. The zero-order valence-electron chi connectivity index (χ0n) is 12.4. The molecular formula is C17H20N2O2. The summed E-state index contributed by atoms with van der Waals surface area (Å²) >= 11 is 0. The second-order valence-electron chi connectivity index (χ2n) is 5.42. The van der Waals surface area contributed by atoms with Crippen LogP contribution in [0, 0.1) is 0 Å². The lowest BCUT2D eigenvalue weighted by molar-refractivity contribution is 0.234. The van der Waals surface area contributed by atoms with Crippen LogP contribution in [0.2, 0.25) is 0 Å². The minimum Gasteiger partial charge on any atom is -0.493 e. The van der Waals surface area contributed by atoms with Crippen LogP contribution in [0.15, 0.2) is 36.5 Å². The second-order valence-corrected chi connectivity index (χ2v) is 5.42. The van der Waals surface area contributed by atoms with Crippen LogP contribution in [0.1, 0.15) is 25.0 Å². The standard InChI is InChI=1S/C17H20N2O2/c1-12(2)21-17-15(4-3-8-18-17)19-11-13-5-6-16-14(10-13)7-9-20-16/h3-6,8,10,12,19H,7,9,11H2,1-2H3. The van der Waals surface area contributed by atoms with Crippen LogP contribution in [0.25, 0.3) is 0 Å². The Bertz CT molecular complexity index is 626. The lowest BCUT2D eigenvalue weighted by Crippen LogP contribution is -2.10. The van der Waals surface area contributed by atoms with Crippen LogP contribution >= 0.6 is 0 Å². The molecule has 0 atom stereocenters. The number of benzene rings is 1. The average Bonchev–Trinajstić information content (AvgIpc) is 2.93. The van der Waals surface area contributed by atoms with Gasteiger partial charge in [-0.1, -0.05) is 12.1 Å². The molecule has 0 radical (unpaired) electrons. The molecule has 0 saturated heterocycles. The smallest absolute Gasteiger partial charge is 0.237 e. The number of hydrogen-bond donors (Lipinski definition) is 1. The Morgan fingerprint density at radius 1 is 1.33 bits per heavy atom. The number of nitrogens with one attached hydrogen (secondary N) is 1. The van der Waals surface area contributed by atoms with Gasteiger partial charge >= 0.3 is 0 Å². The van der Waals surface area contributed by atoms with Crippen molar-refractivity contribution >= 4 is 5.69 Å². The fraction of sp³-hybridized carbons (Fsp3) is 0.353. The predicted octanol–water partition coefficient (Wildman–Crippen LogP) is 3.42. The third-order valence-corrected chi connectivity index (χ3v) is 3.36. The maximum atomic E-state index is 5.71. The number of pyridine rings is 1. The van der Waals surface area contributed by atoms with Gasteiger partial charge in [0.25, 0.3) is 0 Å². The quantitative estimate of drug-likeness (QED) is 0.913. The third-order valence-electron chi connectivity index (χ3n) is 3.36. The van der Waals surface area contributed by atoms with E-state index in [1.54, 1.807) is 6.20 Å². The Morgan fingerprint density at radius 2 is 2.24 bits per heavy atom. The number of ether oxygens (including phenoxy) is 2. The van der Waals surface area contributed by atoms with E-state index in [4.69, 9.17) is 9.47 Å². The Morgan fingerprint density at radius 3 is 3.10 bits per heavy atom. The Labute approximate surface area is 125 Å². The minimum absolute atomic E-state index is 0.109. The lowest BCUT2D eigenvalue weighted by atomic mass is 10.1. The number of fused-ring (bicyclic) bond motifs is 1. The Balaban J connectivity index is 1.70. The molecule has 1 aromatic heterocycles. The molecule has 0 saturated carbocycles. The van der Waals surface area contributed by atoms with E-state index >= 15 is 0 Å². The van der Waals surface area contributed by atoms with Crippen LogP contribution in [0.3, 0.4) is 0 Å². The molecule has 1 N–H and O–H groups in total. The van der Waals surface area contributed by atoms with Gasteiger partial charge in [0, 0.05) is 19.2 Å². The summed E-state index contributed by atoms with van der Waals surface area (Å²) in [7, 11) is 0. The highest BCUT2D eigenvalue weighted by molar-refractivity contribution is 5.52. The molecule has 1 aliphatic rings. The summed E-state index contributed by atoms with van der Waals surface area (Å²) in [5.74, 6) is 1.67. The SMILES string of the molecule is CC(C)Oc1ncccc1NCc1ccc2c(c1)CCO2. The zero-order valence-corrected chi connectivity index (χ0v) is 12.4. The highest BCUT2D eigenvalue weighted by Crippen LogP contribution is 2.27. The van der Waals surface area contributed by atoms with Crippen LogP contribution < -0.4 is 14.8 Å². The van der Waals surface area contributed by atoms with Crippen molar-refractivity contribution in [2.24, 2.45) is 0 Å².